The predicted octanol–water partition coefficient (Wildman–Crippen LogP) is 5.91. The van der Waals surface area contributed by atoms with Crippen LogP contribution in [-0.2, 0) is 4.52 Å². The molecule has 0 heterocycles. The first-order chi connectivity index (χ1) is 11.7. The molecule has 0 amide bonds. The van der Waals surface area contributed by atoms with E-state index in [9.17, 15) is 0 Å². The average Bonchev–Trinajstić information content (AvgIpc) is 2.59. The molecule has 0 N–H and O–H groups in total. The Bertz CT molecular complexity index is 658. The molecule has 2 aromatic carbocycles. The van der Waals surface area contributed by atoms with Crippen molar-refractivity contribution >= 4 is 8.60 Å². The van der Waals surface area contributed by atoms with E-state index in [0.717, 1.165) is 11.5 Å². The van der Waals surface area contributed by atoms with Gasteiger partial charge in [-0.2, -0.15) is 0 Å². The third-order valence-corrected chi connectivity index (χ3v) is 5.22. The highest BCUT2D eigenvalue weighted by atomic mass is 31.2. The van der Waals surface area contributed by atoms with Gasteiger partial charge in [-0.1, -0.05) is 67.6 Å². The van der Waals surface area contributed by atoms with Gasteiger partial charge in [0, 0.05) is 5.92 Å². The van der Waals surface area contributed by atoms with E-state index in [0.29, 0.717) is 0 Å². The van der Waals surface area contributed by atoms with E-state index in [4.69, 9.17) is 13.6 Å². The summed E-state index contributed by atoms with van der Waals surface area (Å²) in [5.74, 6) is 1.68. The van der Waals surface area contributed by atoms with Gasteiger partial charge in [0.15, 0.2) is 0 Å². The molecule has 0 aliphatic heterocycles. The number of benzene rings is 2. The zero-order valence-corrected chi connectivity index (χ0v) is 14.7. The Kier molecular flexibility index (Phi) is 5.34. The van der Waals surface area contributed by atoms with Crippen LogP contribution in [0.4, 0.5) is 0 Å². The molecule has 4 heteroatoms. The third-order valence-electron chi connectivity index (χ3n) is 3.96. The van der Waals surface area contributed by atoms with Gasteiger partial charge in [-0.15, -0.1) is 0 Å². The summed E-state index contributed by atoms with van der Waals surface area (Å²) in [5, 5.41) is 0. The Hall–Kier alpha value is -2.09. The molecule has 124 valence electrons. The Morgan fingerprint density at radius 1 is 0.833 bits per heavy atom. The van der Waals surface area contributed by atoms with E-state index in [1.165, 1.54) is 0 Å². The van der Waals surface area contributed by atoms with Gasteiger partial charge in [0.05, 0.1) is 0 Å². The van der Waals surface area contributed by atoms with E-state index < -0.39 is 14.2 Å². The molecule has 24 heavy (non-hydrogen) atoms. The van der Waals surface area contributed by atoms with E-state index in [2.05, 4.69) is 26.0 Å². The maximum atomic E-state index is 6.28. The van der Waals surface area contributed by atoms with Gasteiger partial charge in [0.25, 0.3) is 0 Å². The van der Waals surface area contributed by atoms with E-state index >= 15 is 0 Å². The molecule has 0 radical (unpaired) electrons. The minimum Gasteiger partial charge on any atom is -0.418 e. The second kappa shape index (κ2) is 7.65. The van der Waals surface area contributed by atoms with Crippen molar-refractivity contribution < 1.29 is 13.6 Å². The molecular weight excluding hydrogens is 319 g/mol. The van der Waals surface area contributed by atoms with Crippen molar-refractivity contribution in [2.24, 2.45) is 5.92 Å². The fourth-order valence-corrected chi connectivity index (χ4v) is 3.53. The van der Waals surface area contributed by atoms with E-state index in [-0.39, 0.29) is 5.92 Å². The van der Waals surface area contributed by atoms with E-state index in [1.807, 2.05) is 72.8 Å². The van der Waals surface area contributed by atoms with E-state index in [1.54, 1.807) is 0 Å². The minimum atomic E-state index is -1.60. The summed E-state index contributed by atoms with van der Waals surface area (Å²) in [4.78, 5) is 0. The number of para-hydroxylation sites is 2. The monoisotopic (exact) mass is 340 g/mol. The molecule has 1 aliphatic carbocycles. The predicted molar refractivity (Wildman–Crippen MR) is 98.0 cm³/mol. The van der Waals surface area contributed by atoms with Crippen LogP contribution in [0.5, 0.6) is 11.5 Å². The van der Waals surface area contributed by atoms with Crippen LogP contribution in [0, 0.1) is 5.92 Å². The van der Waals surface area contributed by atoms with Crippen molar-refractivity contribution in [1.29, 1.82) is 0 Å². The maximum Gasteiger partial charge on any atom is 0.463 e. The van der Waals surface area contributed by atoms with Gasteiger partial charge in [0.2, 0.25) is 0 Å². The zero-order chi connectivity index (χ0) is 16.8. The minimum absolute atomic E-state index is 0.228. The molecule has 3 rings (SSSR count). The molecule has 2 atom stereocenters. The second-order valence-corrected chi connectivity index (χ2v) is 6.84. The lowest BCUT2D eigenvalue weighted by Gasteiger charge is -2.34. The van der Waals surface area contributed by atoms with Gasteiger partial charge in [-0.3, -0.25) is 4.52 Å². The normalized spacial score (nSPS) is 22.5. The molecule has 0 spiro atoms. The number of hydrogen-bond donors (Lipinski definition) is 0. The lowest BCUT2D eigenvalue weighted by atomic mass is 9.87. The summed E-state index contributed by atoms with van der Waals surface area (Å²) >= 11 is 0. The number of hydrogen-bond acceptors (Lipinski definition) is 3. The molecule has 1 aliphatic rings. The third kappa shape index (κ3) is 4.25. The van der Waals surface area contributed by atoms with Crippen LogP contribution in [-0.4, -0.2) is 5.60 Å². The summed E-state index contributed by atoms with van der Waals surface area (Å²) in [5.41, 5.74) is -0.468. The first kappa shape index (κ1) is 16.8. The van der Waals surface area contributed by atoms with Crippen molar-refractivity contribution in [2.75, 3.05) is 0 Å². The van der Waals surface area contributed by atoms with Crippen LogP contribution in [0.15, 0.2) is 85.0 Å². The summed E-state index contributed by atoms with van der Waals surface area (Å²) in [7, 11) is -1.60. The topological polar surface area (TPSA) is 27.7 Å². The fraction of sp³-hybridized carbons (Fsp3) is 0.200. The van der Waals surface area contributed by atoms with Gasteiger partial charge in [-0.25, -0.2) is 0 Å². The molecule has 3 nitrogen and oxygen atoms in total. The van der Waals surface area contributed by atoms with Gasteiger partial charge in [0.1, 0.15) is 17.1 Å². The van der Waals surface area contributed by atoms with Crippen LogP contribution in [0.2, 0.25) is 0 Å². The smallest absolute Gasteiger partial charge is 0.418 e. The standard InChI is InChI=1S/C20H21O3P/c1-17-11-9-10-16-20(17,2)23-24(21-18-12-5-3-6-13-18)22-19-14-7-4-8-15-19/h3-17H,1-2H3. The SMILES string of the molecule is CC1C=CC=CC1(C)OP(Oc1ccccc1)Oc1ccccc1. The maximum absolute atomic E-state index is 6.28. The highest BCUT2D eigenvalue weighted by Gasteiger charge is 2.35. The molecule has 0 aromatic heterocycles. The molecule has 0 saturated carbocycles. The quantitative estimate of drug-likeness (QED) is 0.612. The molecule has 2 unspecified atom stereocenters. The van der Waals surface area contributed by atoms with Crippen molar-refractivity contribution in [3.63, 3.8) is 0 Å². The van der Waals surface area contributed by atoms with Crippen LogP contribution in [0.1, 0.15) is 13.8 Å². The summed E-state index contributed by atoms with van der Waals surface area (Å²) in [6.07, 6.45) is 8.21. The summed E-state index contributed by atoms with van der Waals surface area (Å²) in [6.45, 7) is 4.17. The first-order valence-corrected chi connectivity index (χ1v) is 9.06. The van der Waals surface area contributed by atoms with Crippen LogP contribution < -0.4 is 9.05 Å². The Labute approximate surface area is 144 Å². The molecule has 0 fully saturated rings. The van der Waals surface area contributed by atoms with Crippen molar-refractivity contribution in [3.05, 3.63) is 85.0 Å². The van der Waals surface area contributed by atoms with Crippen LogP contribution >= 0.6 is 8.60 Å². The average molecular weight is 340 g/mol. The van der Waals surface area contributed by atoms with Crippen molar-refractivity contribution in [2.45, 2.75) is 19.4 Å². The Morgan fingerprint density at radius 2 is 1.38 bits per heavy atom. The molecule has 0 bridgehead atoms. The largest absolute Gasteiger partial charge is 0.463 e. The van der Waals surface area contributed by atoms with Gasteiger partial charge in [-0.05, 0) is 31.2 Å². The molecular formula is C20H21O3P. The second-order valence-electron chi connectivity index (χ2n) is 5.84. The Morgan fingerprint density at radius 3 is 1.88 bits per heavy atom. The lowest BCUT2D eigenvalue weighted by Crippen LogP contribution is -2.33. The first-order valence-electron chi connectivity index (χ1n) is 7.97. The highest BCUT2D eigenvalue weighted by Crippen LogP contribution is 2.47. The van der Waals surface area contributed by atoms with Gasteiger partial charge < -0.3 is 9.05 Å². The zero-order valence-electron chi connectivity index (χ0n) is 13.8. The fourth-order valence-electron chi connectivity index (χ4n) is 2.29. The van der Waals surface area contributed by atoms with Crippen molar-refractivity contribution in [3.8, 4) is 11.5 Å². The summed E-state index contributed by atoms with van der Waals surface area (Å²) < 4.78 is 18.3. The lowest BCUT2D eigenvalue weighted by molar-refractivity contribution is 0.0881. The number of rotatable bonds is 6. The molecule has 2 aromatic rings. The van der Waals surface area contributed by atoms with Gasteiger partial charge >= 0.3 is 8.60 Å². The number of allylic oxidation sites excluding steroid dienone is 2. The highest BCUT2D eigenvalue weighted by molar-refractivity contribution is 7.42. The van der Waals surface area contributed by atoms with Crippen LogP contribution in [0.3, 0.4) is 0 Å². The van der Waals surface area contributed by atoms with Crippen molar-refractivity contribution in [1.82, 2.24) is 0 Å². The summed E-state index contributed by atoms with van der Waals surface area (Å²) in [6, 6.07) is 19.2. The van der Waals surface area contributed by atoms with Crippen LogP contribution in [0.25, 0.3) is 0 Å². The molecule has 0 saturated heterocycles. The Balaban J connectivity index is 1.79.